The lowest BCUT2D eigenvalue weighted by Gasteiger charge is -2.12. The van der Waals surface area contributed by atoms with E-state index in [9.17, 15) is 0 Å². The first-order valence-electron chi connectivity index (χ1n) is 5.26. The molecule has 0 aliphatic rings. The zero-order valence-electron chi connectivity index (χ0n) is 8.97. The van der Waals surface area contributed by atoms with Gasteiger partial charge in [0, 0.05) is 22.9 Å². The highest BCUT2D eigenvalue weighted by Gasteiger charge is 2.00. The quantitative estimate of drug-likeness (QED) is 0.782. The molecule has 1 aromatic carbocycles. The van der Waals surface area contributed by atoms with Crippen molar-refractivity contribution in [3.63, 3.8) is 0 Å². The van der Waals surface area contributed by atoms with E-state index in [2.05, 4.69) is 52.4 Å². The molecule has 0 amide bonds. The Hall–Kier alpha value is -0.0500. The van der Waals surface area contributed by atoms with Gasteiger partial charge in [0.15, 0.2) is 0 Å². The summed E-state index contributed by atoms with van der Waals surface area (Å²) in [5.74, 6) is 0.754. The molecule has 1 N–H and O–H groups in total. The summed E-state index contributed by atoms with van der Waals surface area (Å²) >= 11 is 9.07. The number of benzene rings is 1. The Morgan fingerprint density at radius 3 is 2.60 bits per heavy atom. The van der Waals surface area contributed by atoms with Crippen molar-refractivity contribution in [3.8, 4) is 0 Å². The third-order valence-corrected chi connectivity index (χ3v) is 3.13. The van der Waals surface area contributed by atoms with Crippen LogP contribution in [0.4, 0.5) is 0 Å². The average molecular weight is 291 g/mol. The number of hydrogen-bond acceptors (Lipinski definition) is 1. The topological polar surface area (TPSA) is 12.0 Å². The van der Waals surface area contributed by atoms with Crippen LogP contribution in [0.2, 0.25) is 0 Å². The molecule has 1 rings (SSSR count). The molecule has 0 aliphatic carbocycles. The number of nitrogens with one attached hydrogen (secondary N) is 1. The highest BCUT2D eigenvalue weighted by molar-refractivity contribution is 9.10. The summed E-state index contributed by atoms with van der Waals surface area (Å²) in [7, 11) is 0. The summed E-state index contributed by atoms with van der Waals surface area (Å²) in [4.78, 5) is 0. The van der Waals surface area contributed by atoms with Crippen molar-refractivity contribution >= 4 is 27.5 Å². The van der Waals surface area contributed by atoms with Crippen molar-refractivity contribution in [2.75, 3.05) is 5.88 Å². The van der Waals surface area contributed by atoms with Crippen LogP contribution in [-0.2, 0) is 6.54 Å². The summed E-state index contributed by atoms with van der Waals surface area (Å²) in [6, 6.07) is 8.94. The fraction of sp³-hybridized carbons (Fsp3) is 0.500. The first-order valence-corrected chi connectivity index (χ1v) is 6.59. The number of alkyl halides is 1. The van der Waals surface area contributed by atoms with E-state index >= 15 is 0 Å². The van der Waals surface area contributed by atoms with Crippen LogP contribution in [0, 0.1) is 0 Å². The summed E-state index contributed by atoms with van der Waals surface area (Å²) in [6.45, 7) is 3.13. The largest absolute Gasteiger partial charge is 0.310 e. The summed E-state index contributed by atoms with van der Waals surface area (Å²) in [5, 5.41) is 3.48. The fourth-order valence-electron chi connectivity index (χ4n) is 1.38. The van der Waals surface area contributed by atoms with Crippen LogP contribution in [0.15, 0.2) is 28.7 Å². The van der Waals surface area contributed by atoms with E-state index in [0.29, 0.717) is 6.04 Å². The Bertz CT molecular complexity index is 273. The molecule has 0 aliphatic heterocycles. The molecule has 0 spiro atoms. The van der Waals surface area contributed by atoms with Gasteiger partial charge in [-0.1, -0.05) is 28.1 Å². The molecule has 1 atom stereocenters. The normalized spacial score (nSPS) is 12.7. The Labute approximate surface area is 105 Å². The maximum absolute atomic E-state index is 5.65. The number of halogens is 2. The van der Waals surface area contributed by atoms with E-state index in [4.69, 9.17) is 11.6 Å². The summed E-state index contributed by atoms with van der Waals surface area (Å²) in [5.41, 5.74) is 1.32. The highest BCUT2D eigenvalue weighted by atomic mass is 79.9. The number of hydrogen-bond donors (Lipinski definition) is 1. The van der Waals surface area contributed by atoms with Gasteiger partial charge in [-0.2, -0.15) is 0 Å². The van der Waals surface area contributed by atoms with E-state index in [1.54, 1.807) is 0 Å². The molecule has 1 unspecified atom stereocenters. The smallest absolute Gasteiger partial charge is 0.0224 e. The molecule has 0 bridgehead atoms. The molecule has 0 aromatic heterocycles. The molecule has 15 heavy (non-hydrogen) atoms. The molecule has 0 saturated carbocycles. The molecule has 0 heterocycles. The summed E-state index contributed by atoms with van der Waals surface area (Å²) in [6.07, 6.45) is 2.22. The Kier molecular flexibility index (Phi) is 6.30. The second kappa shape index (κ2) is 7.26. The van der Waals surface area contributed by atoms with Gasteiger partial charge in [0.25, 0.3) is 0 Å². The minimum absolute atomic E-state index is 0.535. The molecule has 1 aromatic rings. The average Bonchev–Trinajstić information content (AvgIpc) is 2.25. The van der Waals surface area contributed by atoms with Gasteiger partial charge in [-0.3, -0.25) is 0 Å². The van der Waals surface area contributed by atoms with Crippen molar-refractivity contribution in [1.29, 1.82) is 0 Å². The minimum Gasteiger partial charge on any atom is -0.310 e. The second-order valence-electron chi connectivity index (χ2n) is 3.74. The third-order valence-electron chi connectivity index (χ3n) is 2.34. The maximum Gasteiger partial charge on any atom is 0.0224 e. The molecule has 0 radical (unpaired) electrons. The molecule has 0 saturated heterocycles. The van der Waals surface area contributed by atoms with Crippen LogP contribution in [0.25, 0.3) is 0 Å². The molecule has 0 fully saturated rings. The van der Waals surface area contributed by atoms with Gasteiger partial charge in [-0.05, 0) is 37.5 Å². The predicted octanol–water partition coefficient (Wildman–Crippen LogP) is 3.95. The van der Waals surface area contributed by atoms with E-state index in [-0.39, 0.29) is 0 Å². The number of rotatable bonds is 6. The zero-order chi connectivity index (χ0) is 11.1. The van der Waals surface area contributed by atoms with E-state index < -0.39 is 0 Å². The van der Waals surface area contributed by atoms with Crippen LogP contribution < -0.4 is 5.32 Å². The Morgan fingerprint density at radius 2 is 2.00 bits per heavy atom. The zero-order valence-corrected chi connectivity index (χ0v) is 11.3. The van der Waals surface area contributed by atoms with Crippen LogP contribution in [0.5, 0.6) is 0 Å². The van der Waals surface area contributed by atoms with Gasteiger partial charge in [-0.15, -0.1) is 11.6 Å². The van der Waals surface area contributed by atoms with Gasteiger partial charge in [-0.25, -0.2) is 0 Å². The lowest BCUT2D eigenvalue weighted by Crippen LogP contribution is -2.25. The standard InChI is InChI=1S/C12H17BrClN/c1-10(3-2-8-14)15-9-11-4-6-12(13)7-5-11/h4-7,10,15H,2-3,8-9H2,1H3. The molecule has 84 valence electrons. The van der Waals surface area contributed by atoms with Crippen molar-refractivity contribution < 1.29 is 0 Å². The summed E-state index contributed by atoms with van der Waals surface area (Å²) < 4.78 is 1.13. The molecular weight excluding hydrogens is 273 g/mol. The van der Waals surface area contributed by atoms with Crippen molar-refractivity contribution in [2.24, 2.45) is 0 Å². The van der Waals surface area contributed by atoms with Crippen LogP contribution in [-0.4, -0.2) is 11.9 Å². The van der Waals surface area contributed by atoms with Crippen molar-refractivity contribution in [2.45, 2.75) is 32.4 Å². The Balaban J connectivity index is 2.27. The SMILES string of the molecule is CC(CCCCl)NCc1ccc(Br)cc1. The molecular formula is C12H17BrClN. The monoisotopic (exact) mass is 289 g/mol. The van der Waals surface area contributed by atoms with Gasteiger partial charge >= 0.3 is 0 Å². The van der Waals surface area contributed by atoms with E-state index in [1.165, 1.54) is 5.56 Å². The van der Waals surface area contributed by atoms with E-state index in [1.807, 2.05) is 0 Å². The van der Waals surface area contributed by atoms with Gasteiger partial charge in [0.05, 0.1) is 0 Å². The van der Waals surface area contributed by atoms with Crippen LogP contribution in [0.3, 0.4) is 0 Å². The van der Waals surface area contributed by atoms with Gasteiger partial charge < -0.3 is 5.32 Å². The fourth-order valence-corrected chi connectivity index (χ4v) is 1.80. The highest BCUT2D eigenvalue weighted by Crippen LogP contribution is 2.10. The molecule has 1 nitrogen and oxygen atoms in total. The second-order valence-corrected chi connectivity index (χ2v) is 5.03. The lowest BCUT2D eigenvalue weighted by atomic mass is 10.1. The van der Waals surface area contributed by atoms with Crippen LogP contribution >= 0.6 is 27.5 Å². The molecule has 3 heteroatoms. The van der Waals surface area contributed by atoms with Crippen LogP contribution in [0.1, 0.15) is 25.3 Å². The van der Waals surface area contributed by atoms with E-state index in [0.717, 1.165) is 29.7 Å². The third kappa shape index (κ3) is 5.55. The van der Waals surface area contributed by atoms with Gasteiger partial charge in [0.1, 0.15) is 0 Å². The minimum atomic E-state index is 0.535. The predicted molar refractivity (Wildman–Crippen MR) is 70.4 cm³/mol. The van der Waals surface area contributed by atoms with Gasteiger partial charge in [0.2, 0.25) is 0 Å². The first kappa shape index (κ1) is 13.0. The van der Waals surface area contributed by atoms with Crippen molar-refractivity contribution in [1.82, 2.24) is 5.32 Å². The maximum atomic E-state index is 5.65. The first-order chi connectivity index (χ1) is 7.22. The Morgan fingerprint density at radius 1 is 1.33 bits per heavy atom. The van der Waals surface area contributed by atoms with Crippen molar-refractivity contribution in [3.05, 3.63) is 34.3 Å². The lowest BCUT2D eigenvalue weighted by molar-refractivity contribution is 0.509.